The van der Waals surface area contributed by atoms with Crippen molar-refractivity contribution < 1.29 is 8.94 Å². The molecule has 1 aliphatic rings. The highest BCUT2D eigenvalue weighted by molar-refractivity contribution is 5.44. The molecule has 1 fully saturated rings. The van der Waals surface area contributed by atoms with Gasteiger partial charge in [0.25, 0.3) is 0 Å². The summed E-state index contributed by atoms with van der Waals surface area (Å²) < 4.78 is 10.6. The molecule has 1 saturated carbocycles. The van der Waals surface area contributed by atoms with E-state index in [0.717, 1.165) is 12.8 Å². The second kappa shape index (κ2) is 4.33. The zero-order valence-corrected chi connectivity index (χ0v) is 9.50. The van der Waals surface area contributed by atoms with Gasteiger partial charge in [0.1, 0.15) is 0 Å². The summed E-state index contributed by atoms with van der Waals surface area (Å²) in [4.78, 5) is 4.41. The molecule has 2 aromatic heterocycles. The number of aromatic nitrogens is 2. The van der Waals surface area contributed by atoms with Crippen LogP contribution in [0.4, 0.5) is 0 Å². The van der Waals surface area contributed by atoms with Crippen molar-refractivity contribution in [2.24, 2.45) is 11.7 Å². The second-order valence-corrected chi connectivity index (χ2v) is 4.47. The van der Waals surface area contributed by atoms with Crippen LogP contribution in [0.1, 0.15) is 31.1 Å². The first-order chi connectivity index (χ1) is 8.38. The van der Waals surface area contributed by atoms with E-state index < -0.39 is 0 Å². The van der Waals surface area contributed by atoms with Crippen LogP contribution in [0.5, 0.6) is 0 Å². The third-order valence-corrected chi connectivity index (χ3v) is 3.46. The van der Waals surface area contributed by atoms with Crippen LogP contribution in [0.15, 0.2) is 27.3 Å². The largest absolute Gasteiger partial charge is 0.461 e. The maximum Gasteiger partial charge on any atom is 0.238 e. The number of nitrogens with zero attached hydrogens (tertiary/aromatic N) is 2. The van der Waals surface area contributed by atoms with E-state index in [2.05, 4.69) is 10.1 Å². The topological polar surface area (TPSA) is 78.1 Å². The molecule has 0 saturated heterocycles. The zero-order chi connectivity index (χ0) is 11.7. The first-order valence-corrected chi connectivity index (χ1v) is 5.96. The molecule has 0 spiro atoms. The summed E-state index contributed by atoms with van der Waals surface area (Å²) >= 11 is 0. The Morgan fingerprint density at radius 1 is 1.41 bits per heavy atom. The summed E-state index contributed by atoms with van der Waals surface area (Å²) in [7, 11) is 0. The Morgan fingerprint density at radius 2 is 2.35 bits per heavy atom. The Balaban J connectivity index is 1.85. The lowest BCUT2D eigenvalue weighted by atomic mass is 9.96. The number of hydrogen-bond donors (Lipinski definition) is 1. The Morgan fingerprint density at radius 3 is 3.12 bits per heavy atom. The molecule has 2 atom stereocenters. The average molecular weight is 233 g/mol. The molecule has 2 heterocycles. The van der Waals surface area contributed by atoms with E-state index in [1.165, 1.54) is 6.42 Å². The first-order valence-electron chi connectivity index (χ1n) is 5.96. The minimum Gasteiger partial charge on any atom is -0.461 e. The molecule has 3 rings (SSSR count). The van der Waals surface area contributed by atoms with Crippen molar-refractivity contribution >= 4 is 0 Å². The summed E-state index contributed by atoms with van der Waals surface area (Å²) in [6.45, 7) is 0.684. The van der Waals surface area contributed by atoms with Gasteiger partial charge in [-0.25, -0.2) is 0 Å². The fourth-order valence-corrected chi connectivity index (χ4v) is 2.54. The SMILES string of the molecule is NCC1CCCC1c1nc(-c2ccco2)no1. The van der Waals surface area contributed by atoms with Crippen LogP contribution in [-0.2, 0) is 0 Å². The summed E-state index contributed by atoms with van der Waals surface area (Å²) in [5.41, 5.74) is 5.75. The highest BCUT2D eigenvalue weighted by Crippen LogP contribution is 2.38. The van der Waals surface area contributed by atoms with Gasteiger partial charge >= 0.3 is 0 Å². The summed E-state index contributed by atoms with van der Waals surface area (Å²) in [5.74, 6) is 2.65. The van der Waals surface area contributed by atoms with Gasteiger partial charge in [-0.15, -0.1) is 0 Å². The van der Waals surface area contributed by atoms with E-state index in [1.54, 1.807) is 6.26 Å². The van der Waals surface area contributed by atoms with Gasteiger partial charge in [-0.1, -0.05) is 11.6 Å². The Hall–Kier alpha value is -1.62. The van der Waals surface area contributed by atoms with Gasteiger partial charge in [0.2, 0.25) is 11.7 Å². The van der Waals surface area contributed by atoms with Gasteiger partial charge in [-0.05, 0) is 37.4 Å². The molecule has 17 heavy (non-hydrogen) atoms. The van der Waals surface area contributed by atoms with Crippen LogP contribution in [0.25, 0.3) is 11.6 Å². The molecular weight excluding hydrogens is 218 g/mol. The second-order valence-electron chi connectivity index (χ2n) is 4.47. The molecule has 5 nitrogen and oxygen atoms in total. The lowest BCUT2D eigenvalue weighted by Crippen LogP contribution is -2.17. The molecule has 90 valence electrons. The van der Waals surface area contributed by atoms with Crippen molar-refractivity contribution in [3.8, 4) is 11.6 Å². The molecule has 0 radical (unpaired) electrons. The van der Waals surface area contributed by atoms with Crippen LogP contribution >= 0.6 is 0 Å². The minimum atomic E-state index is 0.316. The molecule has 5 heteroatoms. The Labute approximate surface area is 99.0 Å². The van der Waals surface area contributed by atoms with Crippen molar-refractivity contribution in [2.45, 2.75) is 25.2 Å². The molecular formula is C12H15N3O2. The van der Waals surface area contributed by atoms with E-state index in [9.17, 15) is 0 Å². The number of rotatable bonds is 3. The predicted molar refractivity (Wildman–Crippen MR) is 61.1 cm³/mol. The molecule has 0 aromatic carbocycles. The van der Waals surface area contributed by atoms with E-state index in [-0.39, 0.29) is 0 Å². The molecule has 2 unspecified atom stereocenters. The highest BCUT2D eigenvalue weighted by Gasteiger charge is 2.32. The van der Waals surface area contributed by atoms with Gasteiger partial charge < -0.3 is 14.7 Å². The van der Waals surface area contributed by atoms with E-state index >= 15 is 0 Å². The standard InChI is InChI=1S/C12H15N3O2/c13-7-8-3-1-4-9(8)12-14-11(15-17-12)10-5-2-6-16-10/h2,5-6,8-9H,1,3-4,7,13H2. The lowest BCUT2D eigenvalue weighted by Gasteiger charge is -2.12. The monoisotopic (exact) mass is 233 g/mol. The zero-order valence-electron chi connectivity index (χ0n) is 9.50. The number of nitrogens with two attached hydrogens (primary N) is 1. The molecule has 0 bridgehead atoms. The van der Waals surface area contributed by atoms with Crippen molar-refractivity contribution in [1.82, 2.24) is 10.1 Å². The number of hydrogen-bond acceptors (Lipinski definition) is 5. The van der Waals surface area contributed by atoms with Crippen LogP contribution in [0, 0.1) is 5.92 Å². The maximum absolute atomic E-state index is 5.75. The van der Waals surface area contributed by atoms with Crippen molar-refractivity contribution in [2.75, 3.05) is 6.54 Å². The average Bonchev–Trinajstić information content (AvgIpc) is 3.09. The van der Waals surface area contributed by atoms with E-state index in [1.807, 2.05) is 12.1 Å². The van der Waals surface area contributed by atoms with E-state index in [4.69, 9.17) is 14.7 Å². The fourth-order valence-electron chi connectivity index (χ4n) is 2.54. The molecule has 2 aromatic rings. The van der Waals surface area contributed by atoms with Gasteiger partial charge in [-0.3, -0.25) is 0 Å². The summed E-state index contributed by atoms with van der Waals surface area (Å²) in [5, 5.41) is 3.95. The normalized spacial score (nSPS) is 24.3. The molecule has 1 aliphatic carbocycles. The molecule has 0 aliphatic heterocycles. The summed E-state index contributed by atoms with van der Waals surface area (Å²) in [6, 6.07) is 3.63. The van der Waals surface area contributed by atoms with Gasteiger partial charge in [0.05, 0.1) is 6.26 Å². The van der Waals surface area contributed by atoms with Crippen LogP contribution in [0.2, 0.25) is 0 Å². The predicted octanol–water partition coefficient (Wildman–Crippen LogP) is 2.17. The third kappa shape index (κ3) is 1.86. The third-order valence-electron chi connectivity index (χ3n) is 3.46. The van der Waals surface area contributed by atoms with Gasteiger partial charge in [-0.2, -0.15) is 4.98 Å². The van der Waals surface area contributed by atoms with Crippen molar-refractivity contribution in [1.29, 1.82) is 0 Å². The van der Waals surface area contributed by atoms with Crippen molar-refractivity contribution in [3.05, 3.63) is 24.3 Å². The lowest BCUT2D eigenvalue weighted by molar-refractivity contribution is 0.325. The van der Waals surface area contributed by atoms with Gasteiger partial charge in [0, 0.05) is 5.92 Å². The summed E-state index contributed by atoms with van der Waals surface area (Å²) in [6.07, 6.45) is 5.02. The van der Waals surface area contributed by atoms with Crippen molar-refractivity contribution in [3.63, 3.8) is 0 Å². The first kappa shape index (κ1) is 10.5. The Kier molecular flexibility index (Phi) is 2.68. The highest BCUT2D eigenvalue weighted by atomic mass is 16.5. The quantitative estimate of drug-likeness (QED) is 0.879. The molecule has 0 amide bonds. The Bertz CT molecular complexity index is 478. The van der Waals surface area contributed by atoms with Crippen LogP contribution in [0.3, 0.4) is 0 Å². The van der Waals surface area contributed by atoms with Crippen LogP contribution in [-0.4, -0.2) is 16.7 Å². The van der Waals surface area contributed by atoms with Crippen LogP contribution < -0.4 is 5.73 Å². The van der Waals surface area contributed by atoms with E-state index in [0.29, 0.717) is 35.9 Å². The minimum absolute atomic E-state index is 0.316. The fraction of sp³-hybridized carbons (Fsp3) is 0.500. The van der Waals surface area contributed by atoms with Gasteiger partial charge in [0.15, 0.2) is 5.76 Å². The number of furan rings is 1. The smallest absolute Gasteiger partial charge is 0.238 e. The maximum atomic E-state index is 5.75. The molecule has 2 N–H and O–H groups in total.